The molecule has 0 bridgehead atoms. The van der Waals surface area contributed by atoms with Gasteiger partial charge in [0.25, 0.3) is 5.91 Å². The van der Waals surface area contributed by atoms with E-state index in [2.05, 4.69) is 25.9 Å². The fraction of sp³-hybridized carbons (Fsp3) is 0.267. The molecule has 4 rings (SSSR count). The van der Waals surface area contributed by atoms with Crippen LogP contribution < -0.4 is 15.4 Å². The van der Waals surface area contributed by atoms with Crippen LogP contribution in [0.3, 0.4) is 0 Å². The van der Waals surface area contributed by atoms with Crippen molar-refractivity contribution in [3.63, 3.8) is 0 Å². The van der Waals surface area contributed by atoms with Crippen molar-refractivity contribution in [2.24, 2.45) is 0 Å². The van der Waals surface area contributed by atoms with Crippen molar-refractivity contribution >= 4 is 39.5 Å². The summed E-state index contributed by atoms with van der Waals surface area (Å²) in [6.45, 7) is 1.76. The van der Waals surface area contributed by atoms with Gasteiger partial charge >= 0.3 is 0 Å². The van der Waals surface area contributed by atoms with Gasteiger partial charge in [-0.05, 0) is 19.1 Å². The second kappa shape index (κ2) is 6.13. The van der Waals surface area contributed by atoms with Gasteiger partial charge in [-0.2, -0.15) is 9.61 Å². The summed E-state index contributed by atoms with van der Waals surface area (Å²) in [6.07, 6.45) is 0.783. The highest BCUT2D eigenvalue weighted by Crippen LogP contribution is 2.35. The Labute approximate surface area is 146 Å². The molecule has 0 spiro atoms. The number of benzene rings is 1. The van der Waals surface area contributed by atoms with Gasteiger partial charge in [0.2, 0.25) is 10.9 Å². The van der Waals surface area contributed by atoms with Crippen molar-refractivity contribution in [2.75, 3.05) is 17.2 Å². The molecule has 3 heterocycles. The van der Waals surface area contributed by atoms with E-state index in [9.17, 15) is 9.59 Å². The number of nitrogens with one attached hydrogen (secondary N) is 2. The first-order valence-electron chi connectivity index (χ1n) is 7.63. The minimum Gasteiger partial charge on any atom is -0.479 e. The fourth-order valence-electron chi connectivity index (χ4n) is 2.50. The number of anilines is 2. The molecule has 1 aromatic carbocycles. The molecule has 25 heavy (non-hydrogen) atoms. The number of hydrogen-bond donors (Lipinski definition) is 2. The summed E-state index contributed by atoms with van der Waals surface area (Å²) in [7, 11) is 0. The molecular weight excluding hydrogens is 344 g/mol. The quantitative estimate of drug-likeness (QED) is 0.729. The molecule has 2 N–H and O–H groups in total. The predicted octanol–water partition coefficient (Wildman–Crippen LogP) is 1.40. The van der Waals surface area contributed by atoms with Gasteiger partial charge in [0.15, 0.2) is 18.2 Å². The number of hydrogen-bond acceptors (Lipinski definition) is 7. The number of fused-ring (bicyclic) bond motifs is 2. The Hall–Kier alpha value is -3.01. The third-order valence-corrected chi connectivity index (χ3v) is 4.62. The van der Waals surface area contributed by atoms with Crippen LogP contribution in [0.5, 0.6) is 5.75 Å². The Morgan fingerprint density at radius 2 is 2.32 bits per heavy atom. The van der Waals surface area contributed by atoms with Crippen molar-refractivity contribution in [3.05, 3.63) is 29.0 Å². The van der Waals surface area contributed by atoms with Gasteiger partial charge in [-0.3, -0.25) is 9.59 Å². The molecule has 10 heteroatoms. The molecule has 3 aromatic rings. The van der Waals surface area contributed by atoms with E-state index in [-0.39, 0.29) is 24.8 Å². The molecule has 128 valence electrons. The van der Waals surface area contributed by atoms with Crippen molar-refractivity contribution in [3.8, 4) is 5.75 Å². The molecule has 9 nitrogen and oxygen atoms in total. The van der Waals surface area contributed by atoms with Crippen molar-refractivity contribution < 1.29 is 14.3 Å². The van der Waals surface area contributed by atoms with Crippen molar-refractivity contribution in [2.45, 2.75) is 19.8 Å². The number of nitrogens with zero attached hydrogens (tertiary/aromatic N) is 4. The topological polar surface area (TPSA) is 111 Å². The third kappa shape index (κ3) is 3.03. The Morgan fingerprint density at radius 3 is 3.16 bits per heavy atom. The first kappa shape index (κ1) is 15.5. The number of carbonyl (C=O) groups is 2. The van der Waals surface area contributed by atoms with Crippen LogP contribution in [0.1, 0.15) is 17.3 Å². The highest BCUT2D eigenvalue weighted by atomic mass is 32.1. The van der Waals surface area contributed by atoms with Crippen LogP contribution in [-0.4, -0.2) is 38.2 Å². The summed E-state index contributed by atoms with van der Waals surface area (Å²) in [5, 5.41) is 18.7. The SMILES string of the molecule is Cc1nnc2sc(CCC(=O)Nc3cccc4c3OCC(=O)N4)nn12. The molecule has 1 aliphatic rings. The second-order valence-corrected chi connectivity index (χ2v) is 6.55. The lowest BCUT2D eigenvalue weighted by molar-refractivity contribution is -0.118. The lowest BCUT2D eigenvalue weighted by Gasteiger charge is -2.20. The third-order valence-electron chi connectivity index (χ3n) is 3.67. The van der Waals surface area contributed by atoms with Crippen LogP contribution >= 0.6 is 11.3 Å². The van der Waals surface area contributed by atoms with Crippen LogP contribution in [0.25, 0.3) is 4.96 Å². The summed E-state index contributed by atoms with van der Waals surface area (Å²) in [6, 6.07) is 5.21. The summed E-state index contributed by atoms with van der Waals surface area (Å²) < 4.78 is 7.09. The highest BCUT2D eigenvalue weighted by molar-refractivity contribution is 7.16. The smallest absolute Gasteiger partial charge is 0.262 e. The Kier molecular flexibility index (Phi) is 3.80. The largest absolute Gasteiger partial charge is 0.479 e. The Bertz CT molecular complexity index is 979. The normalized spacial score (nSPS) is 13.2. The van der Waals surface area contributed by atoms with Crippen LogP contribution in [0, 0.1) is 6.92 Å². The highest BCUT2D eigenvalue weighted by Gasteiger charge is 2.20. The number of aryl methyl sites for hydroxylation is 2. The zero-order chi connectivity index (χ0) is 17.4. The Morgan fingerprint density at radius 1 is 1.44 bits per heavy atom. The average Bonchev–Trinajstić information content (AvgIpc) is 3.15. The van der Waals surface area contributed by atoms with Gasteiger partial charge in [0.05, 0.1) is 11.4 Å². The zero-order valence-electron chi connectivity index (χ0n) is 13.3. The van der Waals surface area contributed by atoms with Crippen LogP contribution in [-0.2, 0) is 16.0 Å². The first-order chi connectivity index (χ1) is 12.1. The number of aromatic nitrogens is 4. The van der Waals surface area contributed by atoms with E-state index in [0.717, 1.165) is 10.8 Å². The van der Waals surface area contributed by atoms with E-state index >= 15 is 0 Å². The van der Waals surface area contributed by atoms with Gasteiger partial charge in [-0.1, -0.05) is 17.4 Å². The van der Waals surface area contributed by atoms with Crippen molar-refractivity contribution in [1.29, 1.82) is 0 Å². The number of para-hydroxylation sites is 1. The fourth-order valence-corrected chi connectivity index (χ4v) is 3.38. The molecule has 0 atom stereocenters. The van der Waals surface area contributed by atoms with Crippen LogP contribution in [0.2, 0.25) is 0 Å². The van der Waals surface area contributed by atoms with Crippen molar-refractivity contribution in [1.82, 2.24) is 19.8 Å². The van der Waals surface area contributed by atoms with E-state index in [1.807, 2.05) is 6.92 Å². The first-order valence-corrected chi connectivity index (χ1v) is 8.45. The maximum atomic E-state index is 12.2. The molecule has 2 amide bonds. The molecule has 0 unspecified atom stereocenters. The monoisotopic (exact) mass is 358 g/mol. The van der Waals surface area contributed by atoms with Gasteiger partial charge in [-0.25, -0.2) is 0 Å². The predicted molar refractivity (Wildman–Crippen MR) is 90.9 cm³/mol. The molecule has 1 aliphatic heterocycles. The zero-order valence-corrected chi connectivity index (χ0v) is 14.1. The summed E-state index contributed by atoms with van der Waals surface area (Å²) in [5.41, 5.74) is 1.09. The Balaban J connectivity index is 1.42. The minimum absolute atomic E-state index is 0.0633. The maximum absolute atomic E-state index is 12.2. The van der Waals surface area contributed by atoms with E-state index in [1.165, 1.54) is 11.3 Å². The minimum atomic E-state index is -0.213. The summed E-state index contributed by atoms with van der Waals surface area (Å²) in [5.74, 6) is 0.827. The van der Waals surface area contributed by atoms with Gasteiger partial charge in [0.1, 0.15) is 5.01 Å². The number of rotatable bonds is 4. The van der Waals surface area contributed by atoms with Crippen LogP contribution in [0.15, 0.2) is 18.2 Å². The molecule has 0 saturated carbocycles. The van der Waals surface area contributed by atoms with Crippen LogP contribution in [0.4, 0.5) is 11.4 Å². The van der Waals surface area contributed by atoms with E-state index in [4.69, 9.17) is 4.74 Å². The lowest BCUT2D eigenvalue weighted by atomic mass is 10.2. The summed E-state index contributed by atoms with van der Waals surface area (Å²) in [4.78, 5) is 24.3. The van der Waals surface area contributed by atoms with E-state index in [0.29, 0.717) is 28.5 Å². The molecule has 2 aromatic heterocycles. The van der Waals surface area contributed by atoms with Gasteiger partial charge < -0.3 is 15.4 Å². The van der Waals surface area contributed by atoms with Gasteiger partial charge in [0, 0.05) is 12.8 Å². The average molecular weight is 358 g/mol. The number of amides is 2. The number of carbonyl (C=O) groups excluding carboxylic acids is 2. The maximum Gasteiger partial charge on any atom is 0.262 e. The van der Waals surface area contributed by atoms with Gasteiger partial charge in [-0.15, -0.1) is 10.2 Å². The number of ether oxygens (including phenoxy) is 1. The molecule has 0 radical (unpaired) electrons. The van der Waals surface area contributed by atoms with E-state index in [1.54, 1.807) is 22.7 Å². The second-order valence-electron chi connectivity index (χ2n) is 5.50. The lowest BCUT2D eigenvalue weighted by Crippen LogP contribution is -2.26. The summed E-state index contributed by atoms with van der Waals surface area (Å²) >= 11 is 1.42. The molecule has 0 saturated heterocycles. The van der Waals surface area contributed by atoms with E-state index < -0.39 is 0 Å². The molecule has 0 aliphatic carbocycles. The molecular formula is C15H14N6O3S. The molecule has 0 fully saturated rings. The standard InChI is InChI=1S/C15H14N6O3S/c1-8-18-19-15-21(8)20-13(25-15)6-5-11(22)16-9-3-2-4-10-14(9)24-7-12(23)17-10/h2-4H,5-7H2,1H3,(H,16,22)(H,17,23).